The Balaban J connectivity index is 1.97. The monoisotopic (exact) mass is 304 g/mol. The minimum absolute atomic E-state index is 0.148. The topological polar surface area (TPSA) is 18.5 Å². The molecule has 0 amide bonds. The van der Waals surface area contributed by atoms with Gasteiger partial charge in [-0.25, -0.2) is 4.39 Å². The molecule has 2 nitrogen and oxygen atoms in total. The molecule has 0 aromatic heterocycles. The normalized spacial score (nSPS) is 29.1. The van der Waals surface area contributed by atoms with Gasteiger partial charge in [-0.15, -0.1) is 0 Å². The number of hydrogen-bond acceptors (Lipinski definition) is 2. The van der Waals surface area contributed by atoms with Crippen molar-refractivity contribution >= 4 is 0 Å². The van der Waals surface area contributed by atoms with Gasteiger partial charge in [0.1, 0.15) is 17.5 Å². The van der Waals surface area contributed by atoms with Gasteiger partial charge in [0.2, 0.25) is 0 Å². The second-order valence-corrected chi connectivity index (χ2v) is 6.07. The average Bonchev–Trinajstić information content (AvgIpc) is 2.40. The van der Waals surface area contributed by atoms with Gasteiger partial charge in [0.25, 0.3) is 0 Å². The van der Waals surface area contributed by atoms with E-state index < -0.39 is 5.67 Å². The number of alkyl halides is 1. The average molecular weight is 304 g/mol. The molecule has 22 heavy (non-hydrogen) atoms. The molecular weight excluding hydrogens is 279 g/mol. The van der Waals surface area contributed by atoms with Gasteiger partial charge < -0.3 is 9.47 Å². The molecule has 2 aliphatic rings. The van der Waals surface area contributed by atoms with Crippen LogP contribution in [0.4, 0.5) is 4.39 Å². The van der Waals surface area contributed by atoms with Gasteiger partial charge in [-0.2, -0.15) is 0 Å². The van der Waals surface area contributed by atoms with Crippen LogP contribution >= 0.6 is 0 Å². The molecule has 0 unspecified atom stereocenters. The van der Waals surface area contributed by atoms with Crippen LogP contribution in [0.1, 0.15) is 39.0 Å². The molecule has 2 fully saturated rings. The lowest BCUT2D eigenvalue weighted by atomic mass is 9.73. The molecule has 0 radical (unpaired) electrons. The summed E-state index contributed by atoms with van der Waals surface area (Å²) in [7, 11) is 0. The van der Waals surface area contributed by atoms with Crippen molar-refractivity contribution < 1.29 is 13.9 Å². The number of halogens is 1. The van der Waals surface area contributed by atoms with E-state index in [2.05, 4.69) is 19.7 Å². The molecule has 3 heteroatoms. The van der Waals surface area contributed by atoms with Crippen LogP contribution in [-0.4, -0.2) is 17.9 Å². The van der Waals surface area contributed by atoms with Crippen LogP contribution in [0.15, 0.2) is 61.1 Å². The van der Waals surface area contributed by atoms with Crippen LogP contribution in [0.5, 0.6) is 0 Å². The molecule has 120 valence electrons. The van der Waals surface area contributed by atoms with Gasteiger partial charge in [0.05, 0.1) is 11.9 Å². The molecule has 0 bridgehead atoms. The third-order valence-corrected chi connectivity index (χ3v) is 4.23. The van der Waals surface area contributed by atoms with Crippen molar-refractivity contribution in [3.8, 4) is 0 Å². The van der Waals surface area contributed by atoms with Gasteiger partial charge in [0.15, 0.2) is 0 Å². The van der Waals surface area contributed by atoms with Crippen molar-refractivity contribution in [2.45, 2.75) is 56.9 Å². The van der Waals surface area contributed by atoms with Crippen molar-refractivity contribution in [2.24, 2.45) is 0 Å². The van der Waals surface area contributed by atoms with E-state index in [1.165, 1.54) is 12.5 Å². The molecular formula is C19H25FO2. The van der Waals surface area contributed by atoms with E-state index in [1.807, 2.05) is 6.92 Å². The van der Waals surface area contributed by atoms with E-state index in [9.17, 15) is 0 Å². The first-order valence-corrected chi connectivity index (χ1v) is 7.82. The first kappa shape index (κ1) is 16.6. The quantitative estimate of drug-likeness (QED) is 0.455. The summed E-state index contributed by atoms with van der Waals surface area (Å²) in [6, 6.07) is 0. The zero-order valence-corrected chi connectivity index (χ0v) is 13.3. The van der Waals surface area contributed by atoms with Crippen molar-refractivity contribution in [1.82, 2.24) is 0 Å². The zero-order valence-electron chi connectivity index (χ0n) is 13.3. The highest BCUT2D eigenvalue weighted by atomic mass is 19.1. The molecule has 0 saturated heterocycles. The molecule has 2 rings (SSSR count). The van der Waals surface area contributed by atoms with E-state index in [0.717, 1.165) is 18.6 Å². The molecule has 2 aliphatic carbocycles. The number of allylic oxidation sites excluding steroid dienone is 6. The lowest BCUT2D eigenvalue weighted by Gasteiger charge is -2.42. The Labute approximate surface area is 132 Å². The maximum absolute atomic E-state index is 15.0. The van der Waals surface area contributed by atoms with Crippen LogP contribution in [0, 0.1) is 0 Å². The lowest BCUT2D eigenvalue weighted by molar-refractivity contribution is -0.0459. The molecule has 2 saturated carbocycles. The third kappa shape index (κ3) is 3.90. The highest BCUT2D eigenvalue weighted by Gasteiger charge is 2.48. The number of ether oxygens (including phenoxy) is 2. The van der Waals surface area contributed by atoms with Crippen LogP contribution in [0.3, 0.4) is 0 Å². The molecule has 0 aliphatic heterocycles. The maximum atomic E-state index is 15.0. The summed E-state index contributed by atoms with van der Waals surface area (Å²) >= 11 is 0. The number of rotatable bonds is 8. The minimum atomic E-state index is -1.38. The first-order chi connectivity index (χ1) is 10.5. The van der Waals surface area contributed by atoms with Gasteiger partial charge in [0, 0.05) is 12.8 Å². The van der Waals surface area contributed by atoms with Gasteiger partial charge in [-0.3, -0.25) is 0 Å². The Morgan fingerprint density at radius 3 is 2.36 bits per heavy atom. The Hall–Kier alpha value is -1.77. The summed E-state index contributed by atoms with van der Waals surface area (Å²) in [5.74, 6) is 1.25. The van der Waals surface area contributed by atoms with Gasteiger partial charge in [-0.1, -0.05) is 31.9 Å². The SMILES string of the molecule is C=C/C=C(\C=C(/C)OC1CCC1)[C@]1(F)C[C@H](OC(=C)C=C)C1. The van der Waals surface area contributed by atoms with Crippen molar-refractivity contribution in [3.63, 3.8) is 0 Å². The smallest absolute Gasteiger partial charge is 0.143 e. The summed E-state index contributed by atoms with van der Waals surface area (Å²) < 4.78 is 26.3. The summed E-state index contributed by atoms with van der Waals surface area (Å²) in [6.07, 6.45) is 10.8. The van der Waals surface area contributed by atoms with Gasteiger partial charge >= 0.3 is 0 Å². The fourth-order valence-electron chi connectivity index (χ4n) is 2.70. The second-order valence-electron chi connectivity index (χ2n) is 6.07. The van der Waals surface area contributed by atoms with Gasteiger partial charge in [-0.05, 0) is 43.9 Å². The van der Waals surface area contributed by atoms with E-state index in [0.29, 0.717) is 30.3 Å². The van der Waals surface area contributed by atoms with Crippen molar-refractivity contribution in [1.29, 1.82) is 0 Å². The summed E-state index contributed by atoms with van der Waals surface area (Å²) in [5, 5.41) is 0. The van der Waals surface area contributed by atoms with Crippen molar-refractivity contribution in [2.75, 3.05) is 0 Å². The lowest BCUT2D eigenvalue weighted by Crippen LogP contribution is -2.45. The third-order valence-electron chi connectivity index (χ3n) is 4.23. The fourth-order valence-corrected chi connectivity index (χ4v) is 2.70. The highest BCUT2D eigenvalue weighted by Crippen LogP contribution is 2.45. The Morgan fingerprint density at radius 1 is 1.18 bits per heavy atom. The first-order valence-electron chi connectivity index (χ1n) is 7.82. The standard InChI is InChI=1S/C19H25FO2/c1-5-8-16(11-15(4)22-17-9-7-10-17)19(20)12-18(13-19)21-14(3)6-2/h5-6,8,11,17-18H,1-3,7,9-10,12-13H2,4H3/b15-11+,16-8+/t18-,19-. The predicted molar refractivity (Wildman–Crippen MR) is 88.0 cm³/mol. The summed E-state index contributed by atoms with van der Waals surface area (Å²) in [4.78, 5) is 0. The molecule has 0 heterocycles. The van der Waals surface area contributed by atoms with Crippen molar-refractivity contribution in [3.05, 3.63) is 61.1 Å². The maximum Gasteiger partial charge on any atom is 0.143 e. The Morgan fingerprint density at radius 2 is 1.86 bits per heavy atom. The summed E-state index contributed by atoms with van der Waals surface area (Å²) in [6.45, 7) is 12.8. The Bertz CT molecular complexity index is 506. The molecule has 0 aromatic carbocycles. The van der Waals surface area contributed by atoms with Crippen LogP contribution in [-0.2, 0) is 9.47 Å². The largest absolute Gasteiger partial charge is 0.495 e. The molecule has 0 spiro atoms. The summed E-state index contributed by atoms with van der Waals surface area (Å²) in [5.41, 5.74) is -0.784. The minimum Gasteiger partial charge on any atom is -0.495 e. The number of hydrogen-bond donors (Lipinski definition) is 0. The zero-order chi connectivity index (χ0) is 16.2. The Kier molecular flexibility index (Phi) is 5.28. The van der Waals surface area contributed by atoms with Crippen LogP contribution in [0.25, 0.3) is 0 Å². The predicted octanol–water partition coefficient (Wildman–Crippen LogP) is 5.16. The van der Waals surface area contributed by atoms with E-state index in [-0.39, 0.29) is 6.10 Å². The van der Waals surface area contributed by atoms with Crippen LogP contribution < -0.4 is 0 Å². The molecule has 0 atom stereocenters. The molecule has 0 aromatic rings. The second kappa shape index (κ2) is 6.99. The van der Waals surface area contributed by atoms with Crippen LogP contribution in [0.2, 0.25) is 0 Å². The van der Waals surface area contributed by atoms with E-state index >= 15 is 4.39 Å². The van der Waals surface area contributed by atoms with E-state index in [1.54, 1.807) is 18.2 Å². The fraction of sp³-hybridized carbons (Fsp3) is 0.474. The highest BCUT2D eigenvalue weighted by molar-refractivity contribution is 5.36. The van der Waals surface area contributed by atoms with E-state index in [4.69, 9.17) is 9.47 Å². The molecule has 0 N–H and O–H groups in total.